The molecule has 2 rings (SSSR count). The van der Waals surface area contributed by atoms with Crippen molar-refractivity contribution in [1.29, 1.82) is 0 Å². The van der Waals surface area contributed by atoms with Gasteiger partial charge in [-0.25, -0.2) is 4.79 Å². The molecule has 0 aliphatic carbocycles. The number of urea groups is 1. The maximum Gasteiger partial charge on any atom is 0.315 e. The summed E-state index contributed by atoms with van der Waals surface area (Å²) < 4.78 is 10.6. The van der Waals surface area contributed by atoms with Crippen LogP contribution in [0.5, 0.6) is 0 Å². The highest BCUT2D eigenvalue weighted by molar-refractivity contribution is 8.00. The standard InChI is InChI=1S/C18H32N2O4S/c1-2-23-11-12-24-10-6-5-8-14(21)7-3-4-9-16-17-15(13-25-16)19-18(22)20-17/h15-17H,2-13H2,1H3,(H2,19,20,22)/t15-,16-,17-/m0/s1. The summed E-state index contributed by atoms with van der Waals surface area (Å²) in [5.74, 6) is 1.36. The zero-order chi connectivity index (χ0) is 17.9. The van der Waals surface area contributed by atoms with E-state index in [1.807, 2.05) is 18.7 Å². The quantitative estimate of drug-likeness (QED) is 0.362. The van der Waals surface area contributed by atoms with Crippen LogP contribution in [0.15, 0.2) is 0 Å². The molecular weight excluding hydrogens is 340 g/mol. The molecule has 2 fully saturated rings. The van der Waals surface area contributed by atoms with Crippen LogP contribution in [0.2, 0.25) is 0 Å². The van der Waals surface area contributed by atoms with Gasteiger partial charge in [0.05, 0.1) is 25.3 Å². The van der Waals surface area contributed by atoms with Gasteiger partial charge in [0.25, 0.3) is 0 Å². The van der Waals surface area contributed by atoms with Crippen LogP contribution in [0, 0.1) is 0 Å². The van der Waals surface area contributed by atoms with E-state index in [1.165, 1.54) is 0 Å². The molecular formula is C18H32N2O4S. The van der Waals surface area contributed by atoms with Crippen molar-refractivity contribution in [3.05, 3.63) is 0 Å². The average Bonchev–Trinajstić information content (AvgIpc) is 3.13. The van der Waals surface area contributed by atoms with E-state index in [0.29, 0.717) is 49.7 Å². The summed E-state index contributed by atoms with van der Waals surface area (Å²) in [5.41, 5.74) is 0. The van der Waals surface area contributed by atoms with Crippen LogP contribution in [0.1, 0.15) is 51.9 Å². The van der Waals surface area contributed by atoms with Gasteiger partial charge in [-0.3, -0.25) is 4.79 Å². The second-order valence-electron chi connectivity index (χ2n) is 6.67. The summed E-state index contributed by atoms with van der Waals surface area (Å²) in [6, 6.07) is 0.535. The molecule has 25 heavy (non-hydrogen) atoms. The summed E-state index contributed by atoms with van der Waals surface area (Å²) in [7, 11) is 0. The Kier molecular flexibility index (Phi) is 9.65. The highest BCUT2D eigenvalue weighted by Gasteiger charge is 2.42. The Bertz CT molecular complexity index is 422. The van der Waals surface area contributed by atoms with Crippen LogP contribution in [-0.4, -0.2) is 61.3 Å². The van der Waals surface area contributed by atoms with E-state index >= 15 is 0 Å². The first-order chi connectivity index (χ1) is 12.2. The van der Waals surface area contributed by atoms with Crippen molar-refractivity contribution < 1.29 is 19.1 Å². The van der Waals surface area contributed by atoms with Crippen molar-refractivity contribution in [3.63, 3.8) is 0 Å². The van der Waals surface area contributed by atoms with Crippen molar-refractivity contribution in [3.8, 4) is 0 Å². The molecule has 7 heteroatoms. The molecule has 6 nitrogen and oxygen atoms in total. The van der Waals surface area contributed by atoms with Crippen LogP contribution in [0.25, 0.3) is 0 Å². The largest absolute Gasteiger partial charge is 0.379 e. The van der Waals surface area contributed by atoms with E-state index in [1.54, 1.807) is 0 Å². The number of ether oxygens (including phenoxy) is 2. The Morgan fingerprint density at radius 2 is 1.84 bits per heavy atom. The zero-order valence-electron chi connectivity index (χ0n) is 15.3. The molecule has 0 aromatic heterocycles. The van der Waals surface area contributed by atoms with E-state index in [2.05, 4.69) is 10.6 Å². The number of amides is 2. The zero-order valence-corrected chi connectivity index (χ0v) is 16.1. The SMILES string of the molecule is CCOCCOCCCCC(=O)CCCC[C@@H]1SC[C@@H]2NC(=O)N[C@@H]21. The Balaban J connectivity index is 1.41. The summed E-state index contributed by atoms with van der Waals surface area (Å²) in [6.07, 6.45) is 6.29. The number of carbonyl (C=O) groups excluding carboxylic acids is 2. The van der Waals surface area contributed by atoms with Crippen molar-refractivity contribution in [2.75, 3.05) is 32.2 Å². The van der Waals surface area contributed by atoms with Gasteiger partial charge in [0, 0.05) is 37.1 Å². The molecule has 2 saturated heterocycles. The maximum absolute atomic E-state index is 11.9. The number of fused-ring (bicyclic) bond motifs is 1. The lowest BCUT2D eigenvalue weighted by atomic mass is 10.0. The smallest absolute Gasteiger partial charge is 0.315 e. The van der Waals surface area contributed by atoms with Gasteiger partial charge in [-0.2, -0.15) is 11.8 Å². The molecule has 2 N–H and O–H groups in total. The normalized spacial score (nSPS) is 24.8. The second kappa shape index (κ2) is 11.8. The molecule has 0 saturated carbocycles. The lowest BCUT2D eigenvalue weighted by Crippen LogP contribution is -2.36. The predicted octanol–water partition coefficient (Wildman–Crippen LogP) is 2.50. The van der Waals surface area contributed by atoms with E-state index in [9.17, 15) is 9.59 Å². The molecule has 0 bridgehead atoms. The number of Topliss-reactive ketones (excluding diaryl/α,β-unsaturated/α-hetero) is 1. The fourth-order valence-corrected chi connectivity index (χ4v) is 4.87. The molecule has 0 aromatic rings. The third-order valence-electron chi connectivity index (χ3n) is 4.70. The lowest BCUT2D eigenvalue weighted by Gasteiger charge is -2.16. The molecule has 0 aromatic carbocycles. The van der Waals surface area contributed by atoms with E-state index in [4.69, 9.17) is 9.47 Å². The minimum Gasteiger partial charge on any atom is -0.379 e. The van der Waals surface area contributed by atoms with Crippen molar-refractivity contribution in [2.45, 2.75) is 69.2 Å². The Labute approximate surface area is 155 Å². The van der Waals surface area contributed by atoms with Gasteiger partial charge >= 0.3 is 6.03 Å². The summed E-state index contributed by atoms with van der Waals surface area (Å²) in [6.45, 7) is 4.69. The van der Waals surface area contributed by atoms with Crippen LogP contribution in [-0.2, 0) is 14.3 Å². The number of hydrogen-bond donors (Lipinski definition) is 2. The highest BCUT2D eigenvalue weighted by Crippen LogP contribution is 2.33. The molecule has 2 aliphatic rings. The number of rotatable bonds is 14. The van der Waals surface area contributed by atoms with E-state index < -0.39 is 0 Å². The number of ketones is 1. The number of nitrogens with one attached hydrogen (secondary N) is 2. The van der Waals surface area contributed by atoms with Gasteiger partial charge in [0.15, 0.2) is 0 Å². The van der Waals surface area contributed by atoms with Gasteiger partial charge < -0.3 is 20.1 Å². The van der Waals surface area contributed by atoms with E-state index in [0.717, 1.165) is 44.5 Å². The third kappa shape index (κ3) is 7.54. The minimum absolute atomic E-state index is 0.0302. The summed E-state index contributed by atoms with van der Waals surface area (Å²) in [4.78, 5) is 23.2. The first-order valence-electron chi connectivity index (χ1n) is 9.56. The Hall–Kier alpha value is -0.790. The molecule has 0 radical (unpaired) electrons. The van der Waals surface area contributed by atoms with Crippen molar-refractivity contribution >= 4 is 23.6 Å². The molecule has 2 heterocycles. The first-order valence-corrected chi connectivity index (χ1v) is 10.6. The average molecular weight is 373 g/mol. The number of unbranched alkanes of at least 4 members (excludes halogenated alkanes) is 2. The number of carbonyl (C=O) groups is 2. The molecule has 0 spiro atoms. The number of thioether (sulfide) groups is 1. The van der Waals surface area contributed by atoms with Crippen LogP contribution in [0.3, 0.4) is 0 Å². The van der Waals surface area contributed by atoms with Gasteiger partial charge in [-0.1, -0.05) is 6.42 Å². The predicted molar refractivity (Wildman–Crippen MR) is 100 cm³/mol. The molecule has 2 aliphatic heterocycles. The van der Waals surface area contributed by atoms with Gasteiger partial charge in [0.2, 0.25) is 0 Å². The maximum atomic E-state index is 11.9. The van der Waals surface area contributed by atoms with Gasteiger partial charge in [-0.05, 0) is 32.6 Å². The minimum atomic E-state index is -0.0302. The second-order valence-corrected chi connectivity index (χ2v) is 7.94. The van der Waals surface area contributed by atoms with Crippen LogP contribution < -0.4 is 10.6 Å². The number of hydrogen-bond acceptors (Lipinski definition) is 5. The van der Waals surface area contributed by atoms with Gasteiger partial charge in [-0.15, -0.1) is 0 Å². The van der Waals surface area contributed by atoms with Crippen LogP contribution in [0.4, 0.5) is 4.79 Å². The molecule has 3 atom stereocenters. The summed E-state index contributed by atoms with van der Waals surface area (Å²) >= 11 is 1.94. The monoisotopic (exact) mass is 372 g/mol. The van der Waals surface area contributed by atoms with E-state index in [-0.39, 0.29) is 12.1 Å². The molecule has 0 unspecified atom stereocenters. The summed E-state index contributed by atoms with van der Waals surface area (Å²) in [5, 5.41) is 6.47. The first kappa shape index (κ1) is 20.5. The topological polar surface area (TPSA) is 76.7 Å². The fourth-order valence-electron chi connectivity index (χ4n) is 3.33. The Morgan fingerprint density at radius 3 is 2.64 bits per heavy atom. The van der Waals surface area contributed by atoms with Crippen molar-refractivity contribution in [2.24, 2.45) is 0 Å². The fraction of sp³-hybridized carbons (Fsp3) is 0.889. The van der Waals surface area contributed by atoms with Crippen molar-refractivity contribution in [1.82, 2.24) is 10.6 Å². The Morgan fingerprint density at radius 1 is 1.08 bits per heavy atom. The third-order valence-corrected chi connectivity index (χ3v) is 6.21. The molecule has 144 valence electrons. The van der Waals surface area contributed by atoms with Gasteiger partial charge in [0.1, 0.15) is 5.78 Å². The molecule has 2 amide bonds. The van der Waals surface area contributed by atoms with Crippen LogP contribution >= 0.6 is 11.8 Å². The lowest BCUT2D eigenvalue weighted by molar-refractivity contribution is -0.119. The highest BCUT2D eigenvalue weighted by atomic mass is 32.2.